The van der Waals surface area contributed by atoms with E-state index in [4.69, 9.17) is 11.6 Å². The maximum absolute atomic E-state index is 11.4. The number of pyridine rings is 1. The molecule has 0 saturated heterocycles. The first kappa shape index (κ1) is 12.1. The fourth-order valence-electron chi connectivity index (χ4n) is 1.49. The molecule has 3 nitrogen and oxygen atoms in total. The van der Waals surface area contributed by atoms with Crippen LogP contribution in [0.15, 0.2) is 47.5 Å². The van der Waals surface area contributed by atoms with Crippen LogP contribution < -0.4 is 0 Å². The summed E-state index contributed by atoms with van der Waals surface area (Å²) in [5.41, 5.74) is 1.65. The number of hydrogen-bond donors (Lipinski definition) is 0. The predicted octanol–water partition coefficient (Wildman–Crippen LogP) is 2.81. The van der Waals surface area contributed by atoms with Gasteiger partial charge in [0.15, 0.2) is 9.84 Å². The van der Waals surface area contributed by atoms with Crippen molar-refractivity contribution in [2.75, 3.05) is 6.26 Å². The fraction of sp³-hybridized carbons (Fsp3) is 0.0833. The van der Waals surface area contributed by atoms with Gasteiger partial charge >= 0.3 is 0 Å². The topological polar surface area (TPSA) is 47.0 Å². The lowest BCUT2D eigenvalue weighted by atomic mass is 10.1. The summed E-state index contributed by atoms with van der Waals surface area (Å²) in [4.78, 5) is 4.18. The third-order valence-electron chi connectivity index (χ3n) is 2.32. The smallest absolute Gasteiger partial charge is 0.175 e. The van der Waals surface area contributed by atoms with Crippen LogP contribution in [0.1, 0.15) is 0 Å². The number of halogens is 1. The molecule has 1 aromatic heterocycles. The highest BCUT2D eigenvalue weighted by Crippen LogP contribution is 2.23. The minimum atomic E-state index is -3.19. The van der Waals surface area contributed by atoms with Crippen molar-refractivity contribution in [1.29, 1.82) is 0 Å². The van der Waals surface area contributed by atoms with E-state index in [0.717, 1.165) is 11.1 Å². The minimum Gasteiger partial charge on any atom is -0.245 e. The quantitative estimate of drug-likeness (QED) is 0.786. The molecule has 2 aromatic rings. The molecule has 0 bridgehead atoms. The highest BCUT2D eigenvalue weighted by molar-refractivity contribution is 7.90. The van der Waals surface area contributed by atoms with Crippen molar-refractivity contribution < 1.29 is 8.42 Å². The van der Waals surface area contributed by atoms with E-state index < -0.39 is 9.84 Å². The van der Waals surface area contributed by atoms with E-state index in [9.17, 15) is 8.42 Å². The van der Waals surface area contributed by atoms with Crippen LogP contribution in [0.2, 0.25) is 5.15 Å². The Hall–Kier alpha value is -1.39. The van der Waals surface area contributed by atoms with Crippen molar-refractivity contribution in [3.8, 4) is 11.1 Å². The molecule has 0 atom stereocenters. The van der Waals surface area contributed by atoms with Gasteiger partial charge in [-0.3, -0.25) is 0 Å². The molecule has 0 N–H and O–H groups in total. The van der Waals surface area contributed by atoms with Gasteiger partial charge in [-0.15, -0.1) is 0 Å². The summed E-state index contributed by atoms with van der Waals surface area (Å²) in [6.07, 6.45) is 2.77. The minimum absolute atomic E-state index is 0.294. The molecular weight excluding hydrogens is 258 g/mol. The first-order valence-electron chi connectivity index (χ1n) is 4.89. The summed E-state index contributed by atoms with van der Waals surface area (Å²) in [6, 6.07) is 10.2. The maximum Gasteiger partial charge on any atom is 0.175 e. The second-order valence-electron chi connectivity index (χ2n) is 3.67. The summed E-state index contributed by atoms with van der Waals surface area (Å²) < 4.78 is 22.9. The number of sulfone groups is 1. The van der Waals surface area contributed by atoms with Crippen LogP contribution in [0, 0.1) is 0 Å². The lowest BCUT2D eigenvalue weighted by Gasteiger charge is -2.04. The Morgan fingerprint density at radius 1 is 1.12 bits per heavy atom. The molecule has 1 aromatic carbocycles. The third kappa shape index (κ3) is 2.84. The van der Waals surface area contributed by atoms with Gasteiger partial charge in [-0.05, 0) is 35.4 Å². The van der Waals surface area contributed by atoms with Gasteiger partial charge in [0.05, 0.1) is 4.90 Å². The van der Waals surface area contributed by atoms with E-state index in [1.54, 1.807) is 36.5 Å². The average molecular weight is 268 g/mol. The van der Waals surface area contributed by atoms with Crippen molar-refractivity contribution in [3.63, 3.8) is 0 Å². The van der Waals surface area contributed by atoms with Crippen molar-refractivity contribution >= 4 is 21.4 Å². The fourth-order valence-corrected chi connectivity index (χ4v) is 2.33. The lowest BCUT2D eigenvalue weighted by molar-refractivity contribution is 0.602. The molecule has 1 heterocycles. The van der Waals surface area contributed by atoms with Crippen LogP contribution in [-0.2, 0) is 9.84 Å². The predicted molar refractivity (Wildman–Crippen MR) is 67.8 cm³/mol. The molecule has 0 aliphatic rings. The Balaban J connectivity index is 2.54. The largest absolute Gasteiger partial charge is 0.245 e. The van der Waals surface area contributed by atoms with Gasteiger partial charge in [0.1, 0.15) is 5.15 Å². The molecular formula is C12H10ClNO2S. The Kier molecular flexibility index (Phi) is 3.17. The standard InChI is InChI=1S/C12H10ClNO2S/c1-17(15,16)11-4-2-3-9(7-11)10-5-6-14-12(13)8-10/h2-8H,1H3. The molecule has 0 amide bonds. The highest BCUT2D eigenvalue weighted by Gasteiger charge is 2.08. The molecule has 88 valence electrons. The van der Waals surface area contributed by atoms with Crippen LogP contribution in [0.3, 0.4) is 0 Å². The normalized spacial score (nSPS) is 11.4. The second-order valence-corrected chi connectivity index (χ2v) is 6.07. The molecule has 17 heavy (non-hydrogen) atoms. The second kappa shape index (κ2) is 4.47. The van der Waals surface area contributed by atoms with E-state index in [0.29, 0.717) is 10.0 Å². The van der Waals surface area contributed by atoms with Crippen LogP contribution >= 0.6 is 11.6 Å². The first-order valence-corrected chi connectivity index (χ1v) is 7.16. The van der Waals surface area contributed by atoms with Crippen LogP contribution in [0.4, 0.5) is 0 Å². The van der Waals surface area contributed by atoms with Gasteiger partial charge in [0.2, 0.25) is 0 Å². The van der Waals surface area contributed by atoms with Gasteiger partial charge in [-0.25, -0.2) is 13.4 Å². The molecule has 0 saturated carbocycles. The molecule has 0 unspecified atom stereocenters. The van der Waals surface area contributed by atoms with E-state index >= 15 is 0 Å². The van der Waals surface area contributed by atoms with Crippen molar-refractivity contribution in [2.45, 2.75) is 4.90 Å². The van der Waals surface area contributed by atoms with Gasteiger partial charge in [0.25, 0.3) is 0 Å². The van der Waals surface area contributed by atoms with Gasteiger partial charge in [0, 0.05) is 12.5 Å². The summed E-state index contributed by atoms with van der Waals surface area (Å²) in [5, 5.41) is 0.382. The SMILES string of the molecule is CS(=O)(=O)c1cccc(-c2ccnc(Cl)c2)c1. The number of nitrogens with zero attached hydrogens (tertiary/aromatic N) is 1. The molecule has 0 fully saturated rings. The Labute approximate surface area is 105 Å². The third-order valence-corrected chi connectivity index (χ3v) is 3.64. The van der Waals surface area contributed by atoms with Crippen molar-refractivity contribution in [2.24, 2.45) is 0 Å². The first-order chi connectivity index (χ1) is 7.97. The van der Waals surface area contributed by atoms with Crippen molar-refractivity contribution in [3.05, 3.63) is 47.7 Å². The van der Waals surface area contributed by atoms with E-state index in [1.165, 1.54) is 6.26 Å². The van der Waals surface area contributed by atoms with Crippen LogP contribution in [0.25, 0.3) is 11.1 Å². The summed E-state index contributed by atoms with van der Waals surface area (Å²) in [7, 11) is -3.19. The Bertz CT molecular complexity index is 653. The zero-order chi connectivity index (χ0) is 12.5. The maximum atomic E-state index is 11.4. The van der Waals surface area contributed by atoms with Gasteiger partial charge < -0.3 is 0 Å². The molecule has 2 rings (SSSR count). The average Bonchev–Trinajstić information content (AvgIpc) is 2.28. The number of benzene rings is 1. The summed E-state index contributed by atoms with van der Waals surface area (Å²) in [6.45, 7) is 0. The summed E-state index contributed by atoms with van der Waals surface area (Å²) >= 11 is 5.80. The number of rotatable bonds is 2. The van der Waals surface area contributed by atoms with Crippen LogP contribution in [-0.4, -0.2) is 19.7 Å². The number of aromatic nitrogens is 1. The van der Waals surface area contributed by atoms with Crippen molar-refractivity contribution in [1.82, 2.24) is 4.98 Å². The molecule has 0 spiro atoms. The monoisotopic (exact) mass is 267 g/mol. The molecule has 0 aliphatic heterocycles. The van der Waals surface area contributed by atoms with E-state index in [2.05, 4.69) is 4.98 Å². The highest BCUT2D eigenvalue weighted by atomic mass is 35.5. The number of hydrogen-bond acceptors (Lipinski definition) is 3. The molecule has 0 aliphatic carbocycles. The van der Waals surface area contributed by atoms with Gasteiger partial charge in [-0.2, -0.15) is 0 Å². The van der Waals surface area contributed by atoms with Gasteiger partial charge in [-0.1, -0.05) is 23.7 Å². The molecule has 0 radical (unpaired) electrons. The zero-order valence-electron chi connectivity index (χ0n) is 9.09. The summed E-state index contributed by atoms with van der Waals surface area (Å²) in [5.74, 6) is 0. The molecule has 5 heteroatoms. The lowest BCUT2D eigenvalue weighted by Crippen LogP contribution is -1.96. The zero-order valence-corrected chi connectivity index (χ0v) is 10.7. The Morgan fingerprint density at radius 3 is 2.47 bits per heavy atom. The van der Waals surface area contributed by atoms with Crippen LogP contribution in [0.5, 0.6) is 0 Å². The van der Waals surface area contributed by atoms with E-state index in [-0.39, 0.29) is 0 Å². The Morgan fingerprint density at radius 2 is 1.82 bits per heavy atom. The van der Waals surface area contributed by atoms with E-state index in [1.807, 2.05) is 6.07 Å².